The maximum absolute atomic E-state index is 5.53. The summed E-state index contributed by atoms with van der Waals surface area (Å²) in [5.41, 5.74) is 12.3. The lowest BCUT2D eigenvalue weighted by atomic mass is 10.3. The number of nitrogens with zero attached hydrogens (tertiary/aromatic N) is 2. The van der Waals surface area contributed by atoms with Crippen LogP contribution < -0.4 is 11.5 Å². The molecular weight excluding hydrogens is 196 g/mol. The molecule has 0 aliphatic rings. The van der Waals surface area contributed by atoms with E-state index in [0.29, 0.717) is 16.8 Å². The summed E-state index contributed by atoms with van der Waals surface area (Å²) in [5.74, 6) is 1.67. The molecule has 0 bridgehead atoms. The molecule has 1 rings (SSSR count). The van der Waals surface area contributed by atoms with E-state index in [1.54, 1.807) is 6.07 Å². The standard InChI is InChI=1S/C9H14N4S/c1-6(2)3-4-14-9-12-7(10)5-8(11)13-9/h3,5H,4H2,1-2H3,(H4,10,11,12,13). The normalized spacial score (nSPS) is 9.86. The molecule has 0 saturated carbocycles. The van der Waals surface area contributed by atoms with E-state index in [9.17, 15) is 0 Å². The third-order valence-electron chi connectivity index (χ3n) is 1.45. The van der Waals surface area contributed by atoms with Gasteiger partial charge in [-0.15, -0.1) is 0 Å². The van der Waals surface area contributed by atoms with Gasteiger partial charge in [0, 0.05) is 11.8 Å². The van der Waals surface area contributed by atoms with Gasteiger partial charge in [-0.05, 0) is 13.8 Å². The second-order valence-electron chi connectivity index (χ2n) is 3.09. The van der Waals surface area contributed by atoms with Crippen molar-refractivity contribution in [3.05, 3.63) is 17.7 Å². The van der Waals surface area contributed by atoms with Crippen molar-refractivity contribution in [1.82, 2.24) is 9.97 Å². The number of allylic oxidation sites excluding steroid dienone is 1. The maximum atomic E-state index is 5.53. The molecule has 0 aromatic carbocycles. The van der Waals surface area contributed by atoms with E-state index >= 15 is 0 Å². The zero-order valence-corrected chi connectivity index (χ0v) is 9.14. The molecule has 5 heteroatoms. The quantitative estimate of drug-likeness (QED) is 0.451. The van der Waals surface area contributed by atoms with Crippen molar-refractivity contribution >= 4 is 23.4 Å². The van der Waals surface area contributed by atoms with E-state index in [1.807, 2.05) is 0 Å². The van der Waals surface area contributed by atoms with Crippen LogP contribution in [0.4, 0.5) is 11.6 Å². The molecular formula is C9H14N4S. The van der Waals surface area contributed by atoms with Crippen LogP contribution in [-0.2, 0) is 0 Å². The fourth-order valence-electron chi connectivity index (χ4n) is 0.809. The van der Waals surface area contributed by atoms with Gasteiger partial charge in [0.15, 0.2) is 5.16 Å². The summed E-state index contributed by atoms with van der Waals surface area (Å²) in [6.45, 7) is 4.10. The van der Waals surface area contributed by atoms with Gasteiger partial charge in [0.1, 0.15) is 11.6 Å². The molecule has 0 spiro atoms. The van der Waals surface area contributed by atoms with E-state index in [1.165, 1.54) is 17.3 Å². The fourth-order valence-corrected chi connectivity index (χ4v) is 1.72. The molecule has 0 atom stereocenters. The zero-order valence-electron chi connectivity index (χ0n) is 8.32. The molecule has 1 heterocycles. The maximum Gasteiger partial charge on any atom is 0.191 e. The predicted octanol–water partition coefficient (Wildman–Crippen LogP) is 1.70. The Kier molecular flexibility index (Phi) is 3.76. The van der Waals surface area contributed by atoms with Gasteiger partial charge in [0.25, 0.3) is 0 Å². The number of hydrogen-bond acceptors (Lipinski definition) is 5. The lowest BCUT2D eigenvalue weighted by Crippen LogP contribution is -1.99. The van der Waals surface area contributed by atoms with Crippen LogP contribution in [0.25, 0.3) is 0 Å². The van der Waals surface area contributed by atoms with Gasteiger partial charge in [0.05, 0.1) is 0 Å². The number of aromatic nitrogens is 2. The Morgan fingerprint density at radius 3 is 2.43 bits per heavy atom. The Morgan fingerprint density at radius 1 is 1.36 bits per heavy atom. The predicted molar refractivity (Wildman–Crippen MR) is 61.0 cm³/mol. The highest BCUT2D eigenvalue weighted by Crippen LogP contribution is 2.16. The average Bonchev–Trinajstić information content (AvgIpc) is 2.01. The zero-order chi connectivity index (χ0) is 10.6. The topological polar surface area (TPSA) is 77.8 Å². The fraction of sp³-hybridized carbons (Fsp3) is 0.333. The number of hydrogen-bond donors (Lipinski definition) is 2. The summed E-state index contributed by atoms with van der Waals surface area (Å²) in [6, 6.07) is 1.55. The molecule has 1 aromatic heterocycles. The van der Waals surface area contributed by atoms with E-state index in [0.717, 1.165) is 5.75 Å². The highest BCUT2D eigenvalue weighted by molar-refractivity contribution is 7.99. The van der Waals surface area contributed by atoms with Gasteiger partial charge in [-0.1, -0.05) is 23.4 Å². The number of nitrogens with two attached hydrogens (primary N) is 2. The van der Waals surface area contributed by atoms with Gasteiger partial charge >= 0.3 is 0 Å². The highest BCUT2D eigenvalue weighted by atomic mass is 32.2. The summed E-state index contributed by atoms with van der Waals surface area (Å²) < 4.78 is 0. The minimum absolute atomic E-state index is 0.414. The van der Waals surface area contributed by atoms with Crippen LogP contribution in [0.2, 0.25) is 0 Å². The molecule has 14 heavy (non-hydrogen) atoms. The Balaban J connectivity index is 2.63. The molecule has 4 nitrogen and oxygen atoms in total. The van der Waals surface area contributed by atoms with Gasteiger partial charge in [-0.2, -0.15) is 0 Å². The molecule has 0 aliphatic carbocycles. The van der Waals surface area contributed by atoms with Crippen molar-refractivity contribution in [2.75, 3.05) is 17.2 Å². The number of rotatable bonds is 3. The lowest BCUT2D eigenvalue weighted by molar-refractivity contribution is 0.986. The molecule has 0 saturated heterocycles. The van der Waals surface area contributed by atoms with E-state index in [2.05, 4.69) is 29.9 Å². The molecule has 4 N–H and O–H groups in total. The first-order valence-electron chi connectivity index (χ1n) is 4.24. The van der Waals surface area contributed by atoms with Crippen LogP contribution in [0.15, 0.2) is 22.9 Å². The van der Waals surface area contributed by atoms with Crippen molar-refractivity contribution in [1.29, 1.82) is 0 Å². The molecule has 0 amide bonds. The average molecular weight is 210 g/mol. The van der Waals surface area contributed by atoms with Crippen LogP contribution >= 0.6 is 11.8 Å². The highest BCUT2D eigenvalue weighted by Gasteiger charge is 1.99. The minimum atomic E-state index is 0.414. The Hall–Kier alpha value is -1.23. The number of anilines is 2. The van der Waals surface area contributed by atoms with Crippen molar-refractivity contribution in [2.24, 2.45) is 0 Å². The number of thioether (sulfide) groups is 1. The third-order valence-corrected chi connectivity index (χ3v) is 2.22. The van der Waals surface area contributed by atoms with Gasteiger partial charge in [-0.3, -0.25) is 0 Å². The van der Waals surface area contributed by atoms with Crippen molar-refractivity contribution in [3.63, 3.8) is 0 Å². The van der Waals surface area contributed by atoms with Crippen LogP contribution in [0.5, 0.6) is 0 Å². The molecule has 1 aromatic rings. The van der Waals surface area contributed by atoms with E-state index in [-0.39, 0.29) is 0 Å². The summed E-state index contributed by atoms with van der Waals surface area (Å²) in [7, 11) is 0. The molecule has 0 fully saturated rings. The van der Waals surface area contributed by atoms with Crippen molar-refractivity contribution in [3.8, 4) is 0 Å². The van der Waals surface area contributed by atoms with Crippen molar-refractivity contribution in [2.45, 2.75) is 19.0 Å². The Morgan fingerprint density at radius 2 is 1.93 bits per heavy atom. The first-order valence-corrected chi connectivity index (χ1v) is 5.22. The summed E-state index contributed by atoms with van der Waals surface area (Å²) >= 11 is 1.52. The van der Waals surface area contributed by atoms with E-state index < -0.39 is 0 Å². The van der Waals surface area contributed by atoms with Crippen molar-refractivity contribution < 1.29 is 0 Å². The Labute approximate surface area is 87.8 Å². The minimum Gasteiger partial charge on any atom is -0.383 e. The van der Waals surface area contributed by atoms with Gasteiger partial charge in [0.2, 0.25) is 0 Å². The second kappa shape index (κ2) is 4.85. The first-order chi connectivity index (χ1) is 6.58. The van der Waals surface area contributed by atoms with Crippen LogP contribution in [0.1, 0.15) is 13.8 Å². The monoisotopic (exact) mass is 210 g/mol. The molecule has 0 radical (unpaired) electrons. The van der Waals surface area contributed by atoms with Crippen LogP contribution in [0, 0.1) is 0 Å². The molecule has 76 valence electrons. The van der Waals surface area contributed by atoms with Crippen LogP contribution in [0.3, 0.4) is 0 Å². The van der Waals surface area contributed by atoms with Gasteiger partial charge in [-0.25, -0.2) is 9.97 Å². The summed E-state index contributed by atoms with van der Waals surface area (Å²) in [6.07, 6.45) is 2.10. The van der Waals surface area contributed by atoms with E-state index in [4.69, 9.17) is 11.5 Å². The number of nitrogen functional groups attached to an aromatic ring is 2. The smallest absolute Gasteiger partial charge is 0.191 e. The summed E-state index contributed by atoms with van der Waals surface area (Å²) in [4.78, 5) is 8.10. The van der Waals surface area contributed by atoms with Crippen LogP contribution in [-0.4, -0.2) is 15.7 Å². The summed E-state index contributed by atoms with van der Waals surface area (Å²) in [5, 5.41) is 0.625. The Bertz CT molecular complexity index is 324. The van der Waals surface area contributed by atoms with Gasteiger partial charge < -0.3 is 11.5 Å². The third kappa shape index (κ3) is 3.66. The molecule has 0 aliphatic heterocycles. The second-order valence-corrected chi connectivity index (χ2v) is 4.08. The molecule has 0 unspecified atom stereocenters. The largest absolute Gasteiger partial charge is 0.383 e. The lowest BCUT2D eigenvalue weighted by Gasteiger charge is -2.00. The first kappa shape index (κ1) is 10.8. The SMILES string of the molecule is CC(C)=CCSc1nc(N)cc(N)n1.